The molecule has 3 rings (SSSR count). The molecule has 0 bridgehead atoms. The van der Waals surface area contributed by atoms with Crippen molar-refractivity contribution < 1.29 is 4.39 Å². The monoisotopic (exact) mass is 526 g/mol. The van der Waals surface area contributed by atoms with Crippen LogP contribution < -0.4 is 15.5 Å². The summed E-state index contributed by atoms with van der Waals surface area (Å²) in [5, 5.41) is 6.83. The molecule has 1 aromatic heterocycles. The number of aromatic nitrogens is 1. The molecule has 0 amide bonds. The van der Waals surface area contributed by atoms with E-state index in [9.17, 15) is 4.39 Å². The number of nitrogens with zero attached hydrogens (tertiary/aromatic N) is 4. The van der Waals surface area contributed by atoms with Gasteiger partial charge < -0.3 is 20.4 Å². The first kappa shape index (κ1) is 24.3. The molecule has 1 aromatic carbocycles. The van der Waals surface area contributed by atoms with Gasteiger partial charge in [-0.3, -0.25) is 0 Å². The lowest BCUT2D eigenvalue weighted by Crippen LogP contribution is -2.44. The second-order valence-corrected chi connectivity index (χ2v) is 7.59. The van der Waals surface area contributed by atoms with Gasteiger partial charge in [0.1, 0.15) is 0 Å². The first-order chi connectivity index (χ1) is 14.1. The number of hydrogen-bond donors (Lipinski definition) is 2. The number of guanidine groups is 1. The summed E-state index contributed by atoms with van der Waals surface area (Å²) in [7, 11) is 4.14. The summed E-state index contributed by atoms with van der Waals surface area (Å²) in [5.41, 5.74) is 2.51. The van der Waals surface area contributed by atoms with Gasteiger partial charge in [-0.15, -0.1) is 24.0 Å². The highest BCUT2D eigenvalue weighted by Gasteiger charge is 2.25. The Morgan fingerprint density at radius 1 is 1.23 bits per heavy atom. The Morgan fingerprint density at radius 2 is 2.00 bits per heavy atom. The molecular weight excluding hydrogens is 494 g/mol. The number of halogens is 2. The van der Waals surface area contributed by atoms with Crippen LogP contribution >= 0.6 is 24.0 Å². The second-order valence-electron chi connectivity index (χ2n) is 7.59. The van der Waals surface area contributed by atoms with Crippen LogP contribution in [0.15, 0.2) is 47.6 Å². The third kappa shape index (κ3) is 6.80. The summed E-state index contributed by atoms with van der Waals surface area (Å²) in [6.45, 7) is 5.83. The highest BCUT2D eigenvalue weighted by molar-refractivity contribution is 14.0. The van der Waals surface area contributed by atoms with E-state index < -0.39 is 0 Å². The number of hydrogen-bond acceptors (Lipinski definition) is 4. The summed E-state index contributed by atoms with van der Waals surface area (Å²) in [4.78, 5) is 13.1. The minimum atomic E-state index is -0.272. The summed E-state index contributed by atoms with van der Waals surface area (Å²) in [6, 6.07) is 11.7. The first-order valence-electron chi connectivity index (χ1n) is 10.2. The zero-order valence-electron chi connectivity index (χ0n) is 17.9. The van der Waals surface area contributed by atoms with Crippen molar-refractivity contribution in [3.05, 3.63) is 59.5 Å². The molecule has 1 aliphatic heterocycles. The van der Waals surface area contributed by atoms with E-state index in [4.69, 9.17) is 4.99 Å². The number of pyridine rings is 1. The van der Waals surface area contributed by atoms with Crippen molar-refractivity contribution in [2.45, 2.75) is 32.5 Å². The predicted molar refractivity (Wildman–Crippen MR) is 132 cm³/mol. The molecule has 30 heavy (non-hydrogen) atoms. The molecule has 1 unspecified atom stereocenters. The van der Waals surface area contributed by atoms with Crippen LogP contribution in [-0.4, -0.2) is 55.6 Å². The van der Waals surface area contributed by atoms with Crippen LogP contribution in [0.1, 0.15) is 24.5 Å². The average Bonchev–Trinajstić information content (AvgIpc) is 3.15. The first-order valence-corrected chi connectivity index (χ1v) is 10.2. The maximum absolute atomic E-state index is 14.0. The van der Waals surface area contributed by atoms with Crippen molar-refractivity contribution in [2.24, 2.45) is 4.99 Å². The number of anilines is 1. The summed E-state index contributed by atoms with van der Waals surface area (Å²) in [5.74, 6) is 0.947. The Labute approximate surface area is 196 Å². The summed E-state index contributed by atoms with van der Waals surface area (Å²) < 4.78 is 14.0. The highest BCUT2D eigenvalue weighted by Crippen LogP contribution is 2.20. The number of aliphatic imine (C=N–C) groups is 1. The number of nitrogens with one attached hydrogen (secondary N) is 2. The van der Waals surface area contributed by atoms with Crippen LogP contribution in [0.4, 0.5) is 10.2 Å². The number of benzene rings is 1. The molecule has 0 spiro atoms. The Hall–Kier alpha value is -1.94. The molecule has 1 saturated heterocycles. The van der Waals surface area contributed by atoms with Crippen molar-refractivity contribution in [1.82, 2.24) is 20.5 Å². The average molecular weight is 526 g/mol. The third-order valence-corrected chi connectivity index (χ3v) is 4.92. The van der Waals surface area contributed by atoms with Gasteiger partial charge in [0, 0.05) is 38.4 Å². The molecule has 8 heteroatoms. The molecule has 0 saturated carbocycles. The lowest BCUT2D eigenvalue weighted by atomic mass is 10.1. The Kier molecular flexibility index (Phi) is 9.77. The number of rotatable bonds is 7. The molecule has 6 nitrogen and oxygen atoms in total. The fourth-order valence-corrected chi connectivity index (χ4v) is 3.56. The minimum Gasteiger partial charge on any atom is -0.357 e. The normalized spacial score (nSPS) is 16.5. The fourth-order valence-electron chi connectivity index (χ4n) is 3.56. The Morgan fingerprint density at radius 3 is 2.70 bits per heavy atom. The zero-order valence-corrected chi connectivity index (χ0v) is 20.3. The van der Waals surface area contributed by atoms with Crippen LogP contribution in [0, 0.1) is 5.82 Å². The van der Waals surface area contributed by atoms with Gasteiger partial charge in [-0.1, -0.05) is 24.3 Å². The second kappa shape index (κ2) is 12.0. The van der Waals surface area contributed by atoms with Gasteiger partial charge in [0.05, 0.1) is 6.54 Å². The smallest absolute Gasteiger partial charge is 0.191 e. The van der Waals surface area contributed by atoms with Crippen LogP contribution in [0.2, 0.25) is 0 Å². The predicted octanol–water partition coefficient (Wildman–Crippen LogP) is 3.23. The van der Waals surface area contributed by atoms with Gasteiger partial charge in [0.2, 0.25) is 0 Å². The highest BCUT2D eigenvalue weighted by atomic mass is 127. The van der Waals surface area contributed by atoms with E-state index in [0.29, 0.717) is 18.9 Å². The molecule has 164 valence electrons. The van der Waals surface area contributed by atoms with Crippen molar-refractivity contribution in [3.8, 4) is 0 Å². The zero-order chi connectivity index (χ0) is 20.6. The molecule has 0 aliphatic carbocycles. The lowest BCUT2D eigenvalue weighted by Gasteiger charge is -2.20. The van der Waals surface area contributed by atoms with E-state index in [2.05, 4.69) is 65.8 Å². The van der Waals surface area contributed by atoms with E-state index in [0.717, 1.165) is 32.0 Å². The van der Waals surface area contributed by atoms with Crippen molar-refractivity contribution in [1.29, 1.82) is 0 Å². The third-order valence-electron chi connectivity index (χ3n) is 4.92. The topological polar surface area (TPSA) is 55.8 Å². The van der Waals surface area contributed by atoms with Crippen molar-refractivity contribution >= 4 is 35.8 Å². The van der Waals surface area contributed by atoms with E-state index >= 15 is 0 Å². The molecule has 2 aromatic rings. The lowest BCUT2D eigenvalue weighted by molar-refractivity contribution is 0.401. The van der Waals surface area contributed by atoms with Gasteiger partial charge in [-0.05, 0) is 50.7 Å². The van der Waals surface area contributed by atoms with E-state index in [1.807, 2.05) is 4.90 Å². The molecule has 2 heterocycles. The molecule has 2 N–H and O–H groups in total. The summed E-state index contributed by atoms with van der Waals surface area (Å²) >= 11 is 0. The van der Waals surface area contributed by atoms with Crippen LogP contribution in [0.3, 0.4) is 0 Å². The van der Waals surface area contributed by atoms with Crippen LogP contribution in [0.25, 0.3) is 0 Å². The van der Waals surface area contributed by atoms with Gasteiger partial charge >= 0.3 is 0 Å². The van der Waals surface area contributed by atoms with Crippen LogP contribution in [-0.2, 0) is 13.1 Å². The van der Waals surface area contributed by atoms with Gasteiger partial charge in [0.25, 0.3) is 0 Å². The fraction of sp³-hybridized carbons (Fsp3) is 0.455. The molecule has 1 aliphatic rings. The molecule has 0 radical (unpaired) electrons. The van der Waals surface area contributed by atoms with E-state index in [1.54, 1.807) is 12.3 Å². The Bertz CT molecular complexity index is 829. The molecule has 1 fully saturated rings. The SMILES string of the molecule is CCNC(=NCc1ccccc1CN(C)C)NC1CCN(c2ncccc2F)C1.I. The molecular formula is C22H32FIN6. The van der Waals surface area contributed by atoms with E-state index in [1.165, 1.54) is 17.2 Å². The van der Waals surface area contributed by atoms with E-state index in [-0.39, 0.29) is 35.8 Å². The van der Waals surface area contributed by atoms with Crippen LogP contribution in [0.5, 0.6) is 0 Å². The Balaban J connectivity index is 0.00000320. The van der Waals surface area contributed by atoms with Crippen molar-refractivity contribution in [2.75, 3.05) is 38.6 Å². The van der Waals surface area contributed by atoms with Gasteiger partial charge in [0.15, 0.2) is 17.6 Å². The summed E-state index contributed by atoms with van der Waals surface area (Å²) in [6.07, 6.45) is 2.55. The maximum atomic E-state index is 14.0. The minimum absolute atomic E-state index is 0. The largest absolute Gasteiger partial charge is 0.357 e. The standard InChI is InChI=1S/C22H31FN6.HI/c1-4-24-22(26-14-17-8-5-6-9-18(17)15-28(2)3)27-19-11-13-29(16-19)21-20(23)10-7-12-25-21;/h5-10,12,19H,4,11,13-16H2,1-3H3,(H2,24,26,27);1H. The molecule has 1 atom stereocenters. The van der Waals surface area contributed by atoms with Crippen molar-refractivity contribution in [3.63, 3.8) is 0 Å². The van der Waals surface area contributed by atoms with Gasteiger partial charge in [-0.2, -0.15) is 0 Å². The quantitative estimate of drug-likeness (QED) is 0.330. The maximum Gasteiger partial charge on any atom is 0.191 e. The van der Waals surface area contributed by atoms with Gasteiger partial charge in [-0.25, -0.2) is 14.4 Å².